The third-order valence-corrected chi connectivity index (χ3v) is 6.46. The van der Waals surface area contributed by atoms with Crippen molar-refractivity contribution in [2.75, 3.05) is 23.7 Å². The van der Waals surface area contributed by atoms with Gasteiger partial charge in [0.15, 0.2) is 0 Å². The van der Waals surface area contributed by atoms with E-state index in [9.17, 15) is 9.59 Å². The average molecular weight is 516 g/mol. The summed E-state index contributed by atoms with van der Waals surface area (Å²) in [5.74, 6) is 0.646. The highest BCUT2D eigenvalue weighted by Gasteiger charge is 2.09. The van der Waals surface area contributed by atoms with E-state index in [2.05, 4.69) is 35.9 Å². The van der Waals surface area contributed by atoms with E-state index >= 15 is 0 Å². The van der Waals surface area contributed by atoms with Crippen LogP contribution in [0.3, 0.4) is 0 Å². The minimum Gasteiger partial charge on any atom is -0.316 e. The van der Waals surface area contributed by atoms with E-state index < -0.39 is 0 Å². The van der Waals surface area contributed by atoms with E-state index in [1.54, 1.807) is 24.5 Å². The van der Waals surface area contributed by atoms with E-state index in [0.717, 1.165) is 43.6 Å². The molecule has 6 rings (SSSR count). The van der Waals surface area contributed by atoms with Crippen LogP contribution >= 0.6 is 0 Å². The monoisotopic (exact) mass is 515 g/mol. The van der Waals surface area contributed by atoms with Gasteiger partial charge in [-0.1, -0.05) is 36.4 Å². The van der Waals surface area contributed by atoms with Gasteiger partial charge in [-0.2, -0.15) is 0 Å². The fourth-order valence-electron chi connectivity index (χ4n) is 4.53. The van der Waals surface area contributed by atoms with Crippen LogP contribution in [0.25, 0.3) is 43.6 Å². The zero-order valence-electron chi connectivity index (χ0n) is 21.0. The van der Waals surface area contributed by atoms with Crippen molar-refractivity contribution in [2.24, 2.45) is 0 Å². The Balaban J connectivity index is 0.984. The van der Waals surface area contributed by atoms with E-state index in [0.29, 0.717) is 24.7 Å². The quantitative estimate of drug-likeness (QED) is 0.196. The number of carbonyl (C=O) groups excluding carboxylic acids is 2. The summed E-state index contributed by atoms with van der Waals surface area (Å²) in [5, 5.41) is 12.8. The van der Waals surface area contributed by atoms with E-state index in [4.69, 9.17) is 0 Å². The smallest absolute Gasteiger partial charge is 0.226 e. The molecule has 9 heteroatoms. The van der Waals surface area contributed by atoms with Gasteiger partial charge < -0.3 is 16.0 Å². The number of anilines is 2. The van der Waals surface area contributed by atoms with Crippen LogP contribution in [0.1, 0.15) is 12.8 Å². The Labute approximate surface area is 223 Å². The second kappa shape index (κ2) is 10.8. The molecule has 0 bridgehead atoms. The number of carbonyl (C=O) groups is 2. The first-order chi connectivity index (χ1) is 19.1. The van der Waals surface area contributed by atoms with Crippen molar-refractivity contribution in [3.63, 3.8) is 0 Å². The van der Waals surface area contributed by atoms with E-state index in [1.165, 1.54) is 0 Å². The lowest BCUT2D eigenvalue weighted by atomic mass is 10.1. The summed E-state index contributed by atoms with van der Waals surface area (Å²) in [7, 11) is 0. The molecule has 0 saturated carbocycles. The van der Waals surface area contributed by atoms with Crippen molar-refractivity contribution >= 4 is 67.1 Å². The summed E-state index contributed by atoms with van der Waals surface area (Å²) in [6, 6.07) is 23.2. The van der Waals surface area contributed by atoms with Gasteiger partial charge in [0, 0.05) is 59.9 Å². The van der Waals surface area contributed by atoms with Crippen LogP contribution in [0.2, 0.25) is 0 Å². The molecule has 0 aliphatic rings. The van der Waals surface area contributed by atoms with Gasteiger partial charge in [0.1, 0.15) is 11.6 Å². The molecule has 2 aromatic carbocycles. The lowest BCUT2D eigenvalue weighted by molar-refractivity contribution is -0.116. The van der Waals surface area contributed by atoms with Gasteiger partial charge in [0.05, 0.1) is 22.1 Å². The van der Waals surface area contributed by atoms with Crippen LogP contribution in [0.4, 0.5) is 11.6 Å². The maximum absolute atomic E-state index is 12.5. The Morgan fingerprint density at radius 3 is 1.41 bits per heavy atom. The van der Waals surface area contributed by atoms with Gasteiger partial charge in [0.2, 0.25) is 11.8 Å². The molecule has 0 saturated heterocycles. The number of nitrogens with one attached hydrogen (secondary N) is 3. The molecule has 0 spiro atoms. The van der Waals surface area contributed by atoms with Crippen molar-refractivity contribution < 1.29 is 9.59 Å². The Kier molecular flexibility index (Phi) is 6.71. The molecular weight excluding hydrogens is 490 g/mol. The summed E-state index contributed by atoms with van der Waals surface area (Å²) in [6.07, 6.45) is 3.97. The Morgan fingerprint density at radius 1 is 0.538 bits per heavy atom. The number of hydrogen-bond acceptors (Lipinski definition) is 7. The van der Waals surface area contributed by atoms with Crippen LogP contribution in [0, 0.1) is 0 Å². The maximum atomic E-state index is 12.5. The fourth-order valence-corrected chi connectivity index (χ4v) is 4.53. The third kappa shape index (κ3) is 5.34. The van der Waals surface area contributed by atoms with Gasteiger partial charge in [0.25, 0.3) is 0 Å². The predicted octanol–water partition coefficient (Wildman–Crippen LogP) is 4.83. The molecule has 2 amide bonds. The number of rotatable bonds is 8. The number of pyridine rings is 4. The lowest BCUT2D eigenvalue weighted by Crippen LogP contribution is -2.25. The Morgan fingerprint density at radius 2 is 0.949 bits per heavy atom. The summed E-state index contributed by atoms with van der Waals surface area (Å²) in [5.41, 5.74) is 3.10. The molecule has 4 aromatic heterocycles. The topological polar surface area (TPSA) is 122 Å². The molecule has 6 aromatic rings. The number of hydrogen-bond donors (Lipinski definition) is 3. The van der Waals surface area contributed by atoms with Crippen molar-refractivity contribution in [3.05, 3.63) is 85.2 Å². The zero-order chi connectivity index (χ0) is 26.6. The molecule has 39 heavy (non-hydrogen) atoms. The number of benzene rings is 2. The summed E-state index contributed by atoms with van der Waals surface area (Å²) in [6.45, 7) is 0.867. The molecule has 192 valence electrons. The van der Waals surface area contributed by atoms with Crippen LogP contribution in [-0.4, -0.2) is 44.8 Å². The molecule has 3 N–H and O–H groups in total. The number of fused-ring (bicyclic) bond motifs is 6. The van der Waals surface area contributed by atoms with E-state index in [1.807, 2.05) is 60.7 Å². The Hall–Kier alpha value is -5.02. The maximum Gasteiger partial charge on any atom is 0.226 e. The summed E-state index contributed by atoms with van der Waals surface area (Å²) in [4.78, 5) is 43.0. The van der Waals surface area contributed by atoms with E-state index in [-0.39, 0.29) is 24.7 Å². The number of aromatic nitrogens is 4. The SMILES string of the molecule is O=C(CCNCCC(=O)Nc1ccc2ccc3cccnc3c2n1)Nc1ccc2ccc3cccnc3c2n1. The summed E-state index contributed by atoms with van der Waals surface area (Å²) >= 11 is 0. The van der Waals surface area contributed by atoms with Crippen LogP contribution in [0.5, 0.6) is 0 Å². The highest BCUT2D eigenvalue weighted by molar-refractivity contribution is 6.04. The highest BCUT2D eigenvalue weighted by atomic mass is 16.2. The number of nitrogens with zero attached hydrogens (tertiary/aromatic N) is 4. The minimum atomic E-state index is -0.159. The zero-order valence-corrected chi connectivity index (χ0v) is 21.0. The molecule has 0 aliphatic carbocycles. The van der Waals surface area contributed by atoms with Crippen LogP contribution < -0.4 is 16.0 Å². The van der Waals surface area contributed by atoms with Crippen molar-refractivity contribution in [3.8, 4) is 0 Å². The molecule has 0 unspecified atom stereocenters. The van der Waals surface area contributed by atoms with Crippen molar-refractivity contribution in [1.29, 1.82) is 0 Å². The summed E-state index contributed by atoms with van der Waals surface area (Å²) < 4.78 is 0. The normalized spacial score (nSPS) is 11.3. The molecule has 0 radical (unpaired) electrons. The molecule has 0 aliphatic heterocycles. The fraction of sp³-hybridized carbons (Fsp3) is 0.133. The minimum absolute atomic E-state index is 0.159. The molecular formula is C30H25N7O2. The first kappa shape index (κ1) is 24.3. The first-order valence-corrected chi connectivity index (χ1v) is 12.7. The van der Waals surface area contributed by atoms with Crippen molar-refractivity contribution in [1.82, 2.24) is 25.3 Å². The lowest BCUT2D eigenvalue weighted by Gasteiger charge is -2.09. The third-order valence-electron chi connectivity index (χ3n) is 6.46. The second-order valence-electron chi connectivity index (χ2n) is 9.16. The van der Waals surface area contributed by atoms with Crippen molar-refractivity contribution in [2.45, 2.75) is 12.8 Å². The van der Waals surface area contributed by atoms with Gasteiger partial charge in [-0.3, -0.25) is 19.6 Å². The van der Waals surface area contributed by atoms with Crippen LogP contribution in [-0.2, 0) is 9.59 Å². The standard InChI is InChI=1S/C30H25N7O2/c38-25(34-23-11-9-21-7-5-19-3-1-15-32-27(19)29(21)36-23)13-17-31-18-14-26(39)35-24-12-10-22-8-6-20-4-2-16-33-28(20)30(22)37-24/h1-12,15-16,31H,13-14,17-18H2,(H,34,36,38)(H,35,37,39). The highest BCUT2D eigenvalue weighted by Crippen LogP contribution is 2.24. The molecule has 9 nitrogen and oxygen atoms in total. The van der Waals surface area contributed by atoms with Gasteiger partial charge >= 0.3 is 0 Å². The average Bonchev–Trinajstić information content (AvgIpc) is 2.97. The molecule has 4 heterocycles. The predicted molar refractivity (Wildman–Crippen MR) is 153 cm³/mol. The largest absolute Gasteiger partial charge is 0.316 e. The van der Waals surface area contributed by atoms with Gasteiger partial charge in [-0.15, -0.1) is 0 Å². The molecule has 0 atom stereocenters. The Bertz CT molecular complexity index is 1720. The van der Waals surface area contributed by atoms with Crippen LogP contribution in [0.15, 0.2) is 85.2 Å². The van der Waals surface area contributed by atoms with Gasteiger partial charge in [-0.05, 0) is 36.4 Å². The number of amides is 2. The van der Waals surface area contributed by atoms with Gasteiger partial charge in [-0.25, -0.2) is 9.97 Å². The molecule has 0 fully saturated rings. The second-order valence-corrected chi connectivity index (χ2v) is 9.16. The first-order valence-electron chi connectivity index (χ1n) is 12.7.